The summed E-state index contributed by atoms with van der Waals surface area (Å²) in [5, 5.41) is 3.48. The van der Waals surface area contributed by atoms with E-state index in [4.69, 9.17) is 4.74 Å². The predicted molar refractivity (Wildman–Crippen MR) is 85.1 cm³/mol. The fourth-order valence-corrected chi connectivity index (χ4v) is 3.01. The highest BCUT2D eigenvalue weighted by atomic mass is 79.9. The summed E-state index contributed by atoms with van der Waals surface area (Å²) in [6, 6.07) is 14.8. The Hall–Kier alpha value is -1.32. The monoisotopic (exact) mass is 331 g/mol. The molecule has 0 radical (unpaired) electrons. The molecule has 0 saturated heterocycles. The van der Waals surface area contributed by atoms with Gasteiger partial charge in [0.15, 0.2) is 0 Å². The number of hydrogen-bond acceptors (Lipinski definition) is 2. The van der Waals surface area contributed by atoms with Crippen molar-refractivity contribution in [3.8, 4) is 5.75 Å². The molecule has 2 aromatic rings. The predicted octanol–water partition coefficient (Wildman–Crippen LogP) is 3.85. The molecular formula is C17H18BrNO. The second-order valence-electron chi connectivity index (χ2n) is 5.32. The molecule has 1 unspecified atom stereocenters. The Bertz CT molecular complexity index is 612. The lowest BCUT2D eigenvalue weighted by molar-refractivity contribution is 0.227. The van der Waals surface area contributed by atoms with E-state index in [1.807, 2.05) is 12.1 Å². The summed E-state index contributed by atoms with van der Waals surface area (Å²) in [4.78, 5) is 0. The minimum absolute atomic E-state index is 0.240. The molecule has 1 aliphatic rings. The van der Waals surface area contributed by atoms with Crippen LogP contribution in [0.1, 0.15) is 16.7 Å². The average Bonchev–Trinajstić information content (AvgIpc) is 2.80. The average molecular weight is 332 g/mol. The van der Waals surface area contributed by atoms with Gasteiger partial charge >= 0.3 is 0 Å². The normalized spacial score (nSPS) is 16.8. The van der Waals surface area contributed by atoms with Crippen LogP contribution in [0.5, 0.6) is 5.75 Å². The Labute approximate surface area is 128 Å². The van der Waals surface area contributed by atoms with Crippen LogP contribution < -0.4 is 10.1 Å². The molecule has 3 rings (SSSR count). The smallest absolute Gasteiger partial charge is 0.123 e. The fourth-order valence-electron chi connectivity index (χ4n) is 2.60. The van der Waals surface area contributed by atoms with Gasteiger partial charge in [0, 0.05) is 24.0 Å². The molecule has 0 aliphatic carbocycles. The van der Waals surface area contributed by atoms with E-state index in [-0.39, 0.29) is 6.10 Å². The van der Waals surface area contributed by atoms with Crippen LogP contribution in [-0.4, -0.2) is 12.6 Å². The zero-order valence-corrected chi connectivity index (χ0v) is 13.1. The standard InChI is InChI=1S/C17H18BrNO/c1-12-3-2-4-13(7-12)10-19-11-16-9-14-8-15(18)5-6-17(14)20-16/h2-8,16,19H,9-11H2,1H3. The van der Waals surface area contributed by atoms with Crippen molar-refractivity contribution in [2.24, 2.45) is 0 Å². The third-order valence-corrected chi connectivity index (χ3v) is 4.04. The maximum atomic E-state index is 5.94. The van der Waals surface area contributed by atoms with E-state index >= 15 is 0 Å². The molecular weight excluding hydrogens is 314 g/mol. The molecule has 104 valence electrons. The highest BCUT2D eigenvalue weighted by Gasteiger charge is 2.22. The van der Waals surface area contributed by atoms with E-state index in [0.717, 1.165) is 29.7 Å². The molecule has 1 atom stereocenters. The summed E-state index contributed by atoms with van der Waals surface area (Å²) < 4.78 is 7.06. The summed E-state index contributed by atoms with van der Waals surface area (Å²) in [7, 11) is 0. The van der Waals surface area contributed by atoms with Gasteiger partial charge in [0.25, 0.3) is 0 Å². The third-order valence-electron chi connectivity index (χ3n) is 3.55. The van der Waals surface area contributed by atoms with Crippen LogP contribution in [0.25, 0.3) is 0 Å². The third kappa shape index (κ3) is 3.22. The molecule has 3 heteroatoms. The van der Waals surface area contributed by atoms with E-state index in [1.165, 1.54) is 16.7 Å². The van der Waals surface area contributed by atoms with Gasteiger partial charge in [-0.1, -0.05) is 45.8 Å². The highest BCUT2D eigenvalue weighted by Crippen LogP contribution is 2.30. The molecule has 2 aromatic carbocycles. The molecule has 0 aromatic heterocycles. The van der Waals surface area contributed by atoms with E-state index in [2.05, 4.69) is 58.5 Å². The van der Waals surface area contributed by atoms with Gasteiger partial charge in [-0.25, -0.2) is 0 Å². The maximum absolute atomic E-state index is 5.94. The summed E-state index contributed by atoms with van der Waals surface area (Å²) in [5.41, 5.74) is 3.92. The van der Waals surface area contributed by atoms with Gasteiger partial charge in [-0.3, -0.25) is 0 Å². The van der Waals surface area contributed by atoms with Crippen molar-refractivity contribution in [2.75, 3.05) is 6.54 Å². The second kappa shape index (κ2) is 5.98. The molecule has 0 fully saturated rings. The number of rotatable bonds is 4. The molecule has 0 amide bonds. The van der Waals surface area contributed by atoms with Crippen LogP contribution in [-0.2, 0) is 13.0 Å². The SMILES string of the molecule is Cc1cccc(CNCC2Cc3cc(Br)ccc3O2)c1. The van der Waals surface area contributed by atoms with E-state index in [1.54, 1.807) is 0 Å². The van der Waals surface area contributed by atoms with Crippen molar-refractivity contribution in [3.05, 3.63) is 63.6 Å². The van der Waals surface area contributed by atoms with Gasteiger partial charge in [0.2, 0.25) is 0 Å². The second-order valence-corrected chi connectivity index (χ2v) is 6.23. The van der Waals surface area contributed by atoms with Crippen LogP contribution in [0.4, 0.5) is 0 Å². The number of aryl methyl sites for hydroxylation is 1. The van der Waals surface area contributed by atoms with Crippen LogP contribution in [0.2, 0.25) is 0 Å². The van der Waals surface area contributed by atoms with Crippen molar-refractivity contribution in [2.45, 2.75) is 26.0 Å². The number of nitrogens with one attached hydrogen (secondary N) is 1. The zero-order chi connectivity index (χ0) is 13.9. The Morgan fingerprint density at radius 2 is 2.15 bits per heavy atom. The Kier molecular flexibility index (Phi) is 4.08. The lowest BCUT2D eigenvalue weighted by Crippen LogP contribution is -2.29. The van der Waals surface area contributed by atoms with Gasteiger partial charge in [0.05, 0.1) is 0 Å². The first-order valence-corrected chi connectivity index (χ1v) is 7.71. The summed E-state index contributed by atoms with van der Waals surface area (Å²) in [6.07, 6.45) is 1.22. The number of hydrogen-bond donors (Lipinski definition) is 1. The van der Waals surface area contributed by atoms with Crippen LogP contribution in [0.3, 0.4) is 0 Å². The first kappa shape index (κ1) is 13.7. The summed E-state index contributed by atoms with van der Waals surface area (Å²) in [6.45, 7) is 3.89. The number of benzene rings is 2. The molecule has 2 nitrogen and oxygen atoms in total. The first-order valence-electron chi connectivity index (χ1n) is 6.92. The molecule has 0 bridgehead atoms. The van der Waals surface area contributed by atoms with Gasteiger partial charge < -0.3 is 10.1 Å². The van der Waals surface area contributed by atoms with E-state index in [9.17, 15) is 0 Å². The van der Waals surface area contributed by atoms with Crippen molar-refractivity contribution < 1.29 is 4.74 Å². The van der Waals surface area contributed by atoms with Gasteiger partial charge in [-0.2, -0.15) is 0 Å². The zero-order valence-electron chi connectivity index (χ0n) is 11.5. The van der Waals surface area contributed by atoms with Gasteiger partial charge in [0.1, 0.15) is 11.9 Å². The van der Waals surface area contributed by atoms with Gasteiger partial charge in [-0.05, 0) is 36.2 Å². The maximum Gasteiger partial charge on any atom is 0.123 e. The van der Waals surface area contributed by atoms with Gasteiger partial charge in [-0.15, -0.1) is 0 Å². The number of fused-ring (bicyclic) bond motifs is 1. The molecule has 0 saturated carbocycles. The molecule has 1 aliphatic heterocycles. The quantitative estimate of drug-likeness (QED) is 0.918. The Balaban J connectivity index is 1.51. The summed E-state index contributed by atoms with van der Waals surface area (Å²) in [5.74, 6) is 1.02. The lowest BCUT2D eigenvalue weighted by Gasteiger charge is -2.12. The van der Waals surface area contributed by atoms with E-state index in [0.29, 0.717) is 0 Å². The van der Waals surface area contributed by atoms with Crippen LogP contribution in [0, 0.1) is 6.92 Å². The highest BCUT2D eigenvalue weighted by molar-refractivity contribution is 9.10. The minimum atomic E-state index is 0.240. The Morgan fingerprint density at radius 3 is 3.00 bits per heavy atom. The summed E-state index contributed by atoms with van der Waals surface area (Å²) >= 11 is 3.50. The minimum Gasteiger partial charge on any atom is -0.488 e. The van der Waals surface area contributed by atoms with Crippen molar-refractivity contribution in [3.63, 3.8) is 0 Å². The van der Waals surface area contributed by atoms with E-state index < -0.39 is 0 Å². The number of halogens is 1. The van der Waals surface area contributed by atoms with Crippen molar-refractivity contribution >= 4 is 15.9 Å². The largest absolute Gasteiger partial charge is 0.488 e. The fraction of sp³-hybridized carbons (Fsp3) is 0.294. The lowest BCUT2D eigenvalue weighted by atomic mass is 10.1. The first-order chi connectivity index (χ1) is 9.70. The molecule has 0 spiro atoms. The molecule has 1 heterocycles. The number of ether oxygens (including phenoxy) is 1. The van der Waals surface area contributed by atoms with Crippen LogP contribution >= 0.6 is 15.9 Å². The van der Waals surface area contributed by atoms with Crippen LogP contribution in [0.15, 0.2) is 46.9 Å². The van der Waals surface area contributed by atoms with Crippen molar-refractivity contribution in [1.82, 2.24) is 5.32 Å². The Morgan fingerprint density at radius 1 is 1.25 bits per heavy atom. The van der Waals surface area contributed by atoms with Crippen molar-refractivity contribution in [1.29, 1.82) is 0 Å². The molecule has 20 heavy (non-hydrogen) atoms. The topological polar surface area (TPSA) is 21.3 Å². The molecule has 1 N–H and O–H groups in total.